The van der Waals surface area contributed by atoms with E-state index in [9.17, 15) is 0 Å². The number of rotatable bonds is 2. The van der Waals surface area contributed by atoms with E-state index in [2.05, 4.69) is 19.8 Å². The second-order valence-corrected chi connectivity index (χ2v) is 5.18. The molecule has 0 radical (unpaired) electrons. The molecule has 0 amide bonds. The van der Waals surface area contributed by atoms with Crippen molar-refractivity contribution in [1.82, 2.24) is 14.9 Å². The first kappa shape index (κ1) is 11.9. The molecule has 98 valence electrons. The number of hydrogen-bond donors (Lipinski definition) is 1. The Balaban J connectivity index is 1.74. The Bertz CT molecular complexity index is 394. The van der Waals surface area contributed by atoms with Crippen LogP contribution < -0.4 is 4.90 Å². The predicted octanol–water partition coefficient (Wildman–Crippen LogP) is 0.643. The van der Waals surface area contributed by atoms with Crippen LogP contribution in [0.4, 0.5) is 5.95 Å². The van der Waals surface area contributed by atoms with Crippen LogP contribution in [0.5, 0.6) is 0 Å². The number of nitrogens with zero attached hydrogens (tertiary/aromatic N) is 4. The number of anilines is 1. The topological polar surface area (TPSA) is 52.5 Å². The summed E-state index contributed by atoms with van der Waals surface area (Å²) in [4.78, 5) is 13.6. The SMILES string of the molecule is OCc1cnc(N2CCCN3CCCC3C2)nc1. The van der Waals surface area contributed by atoms with Gasteiger partial charge in [-0.15, -0.1) is 0 Å². The van der Waals surface area contributed by atoms with Crippen LogP contribution in [0.15, 0.2) is 12.4 Å². The van der Waals surface area contributed by atoms with Crippen molar-refractivity contribution in [3.8, 4) is 0 Å². The maximum atomic E-state index is 9.01. The average Bonchev–Trinajstić information content (AvgIpc) is 2.76. The molecular weight excluding hydrogens is 228 g/mol. The Morgan fingerprint density at radius 2 is 1.94 bits per heavy atom. The van der Waals surface area contributed by atoms with E-state index in [0.29, 0.717) is 6.04 Å². The summed E-state index contributed by atoms with van der Waals surface area (Å²) in [6.07, 6.45) is 7.24. The molecule has 0 aromatic carbocycles. The molecule has 3 heterocycles. The van der Waals surface area contributed by atoms with E-state index in [-0.39, 0.29) is 6.61 Å². The van der Waals surface area contributed by atoms with Crippen LogP contribution in [0.3, 0.4) is 0 Å². The Hall–Kier alpha value is -1.20. The van der Waals surface area contributed by atoms with Gasteiger partial charge in [0.15, 0.2) is 0 Å². The lowest BCUT2D eigenvalue weighted by Crippen LogP contribution is -2.37. The first-order valence-corrected chi connectivity index (χ1v) is 6.77. The second kappa shape index (κ2) is 5.20. The summed E-state index contributed by atoms with van der Waals surface area (Å²) in [6, 6.07) is 0.675. The lowest BCUT2D eigenvalue weighted by molar-refractivity contribution is 0.273. The van der Waals surface area contributed by atoms with E-state index in [4.69, 9.17) is 5.11 Å². The number of fused-ring (bicyclic) bond motifs is 1. The highest BCUT2D eigenvalue weighted by atomic mass is 16.3. The number of hydrogen-bond acceptors (Lipinski definition) is 5. The predicted molar refractivity (Wildman–Crippen MR) is 69.4 cm³/mol. The molecule has 0 aliphatic carbocycles. The minimum atomic E-state index is 0.0106. The zero-order valence-corrected chi connectivity index (χ0v) is 10.6. The van der Waals surface area contributed by atoms with Crippen molar-refractivity contribution in [1.29, 1.82) is 0 Å². The minimum Gasteiger partial charge on any atom is -0.392 e. The van der Waals surface area contributed by atoms with E-state index in [1.54, 1.807) is 12.4 Å². The van der Waals surface area contributed by atoms with Gasteiger partial charge in [0.2, 0.25) is 5.95 Å². The van der Waals surface area contributed by atoms with Crippen LogP contribution in [0.25, 0.3) is 0 Å². The summed E-state index contributed by atoms with van der Waals surface area (Å²) < 4.78 is 0. The summed E-state index contributed by atoms with van der Waals surface area (Å²) in [5.74, 6) is 0.806. The Morgan fingerprint density at radius 3 is 2.72 bits per heavy atom. The third kappa shape index (κ3) is 2.33. The molecule has 3 rings (SSSR count). The molecule has 5 nitrogen and oxygen atoms in total. The molecule has 0 spiro atoms. The summed E-state index contributed by atoms with van der Waals surface area (Å²) in [5.41, 5.74) is 0.774. The van der Waals surface area contributed by atoms with Crippen molar-refractivity contribution < 1.29 is 5.11 Å². The van der Waals surface area contributed by atoms with Crippen LogP contribution in [0, 0.1) is 0 Å². The molecule has 1 N–H and O–H groups in total. The molecule has 2 aliphatic heterocycles. The van der Waals surface area contributed by atoms with Gasteiger partial charge < -0.3 is 10.0 Å². The molecule has 2 saturated heterocycles. The monoisotopic (exact) mass is 248 g/mol. The Labute approximate surface area is 107 Å². The summed E-state index contributed by atoms with van der Waals surface area (Å²) in [7, 11) is 0. The average molecular weight is 248 g/mol. The number of aromatic nitrogens is 2. The summed E-state index contributed by atoms with van der Waals surface area (Å²) >= 11 is 0. The molecule has 0 bridgehead atoms. The molecule has 5 heteroatoms. The summed E-state index contributed by atoms with van der Waals surface area (Å²) in [6.45, 7) is 4.54. The van der Waals surface area contributed by atoms with Crippen LogP contribution in [-0.2, 0) is 6.61 Å². The highest BCUT2D eigenvalue weighted by molar-refractivity contribution is 5.30. The van der Waals surface area contributed by atoms with Crippen molar-refractivity contribution in [2.45, 2.75) is 31.9 Å². The number of aliphatic hydroxyl groups excluding tert-OH is 1. The maximum absolute atomic E-state index is 9.01. The van der Waals surface area contributed by atoms with Crippen molar-refractivity contribution in [2.75, 3.05) is 31.1 Å². The fraction of sp³-hybridized carbons (Fsp3) is 0.692. The molecule has 1 aromatic rings. The van der Waals surface area contributed by atoms with Gasteiger partial charge in [-0.05, 0) is 25.8 Å². The first-order chi connectivity index (χ1) is 8.86. The van der Waals surface area contributed by atoms with E-state index < -0.39 is 0 Å². The van der Waals surface area contributed by atoms with Gasteiger partial charge >= 0.3 is 0 Å². The van der Waals surface area contributed by atoms with Gasteiger partial charge in [0.25, 0.3) is 0 Å². The van der Waals surface area contributed by atoms with E-state index in [1.807, 2.05) is 0 Å². The Morgan fingerprint density at radius 1 is 1.17 bits per heavy atom. The van der Waals surface area contributed by atoms with Gasteiger partial charge in [0.1, 0.15) is 0 Å². The van der Waals surface area contributed by atoms with Crippen LogP contribution in [0.1, 0.15) is 24.8 Å². The molecule has 18 heavy (non-hydrogen) atoms. The molecular formula is C13H20N4O. The van der Waals surface area contributed by atoms with Gasteiger partial charge in [-0.25, -0.2) is 9.97 Å². The second-order valence-electron chi connectivity index (χ2n) is 5.18. The smallest absolute Gasteiger partial charge is 0.225 e. The largest absolute Gasteiger partial charge is 0.392 e. The van der Waals surface area contributed by atoms with Crippen LogP contribution in [0.2, 0.25) is 0 Å². The quantitative estimate of drug-likeness (QED) is 0.832. The van der Waals surface area contributed by atoms with Crippen LogP contribution in [-0.4, -0.2) is 52.2 Å². The highest BCUT2D eigenvalue weighted by Crippen LogP contribution is 2.23. The van der Waals surface area contributed by atoms with Gasteiger partial charge in [-0.1, -0.05) is 0 Å². The Kier molecular flexibility index (Phi) is 3.43. The molecule has 1 atom stereocenters. The zero-order valence-electron chi connectivity index (χ0n) is 10.6. The fourth-order valence-electron chi connectivity index (χ4n) is 2.98. The summed E-state index contributed by atoms with van der Waals surface area (Å²) in [5, 5.41) is 9.01. The molecule has 2 fully saturated rings. The first-order valence-electron chi connectivity index (χ1n) is 6.77. The minimum absolute atomic E-state index is 0.0106. The van der Waals surface area contributed by atoms with E-state index >= 15 is 0 Å². The van der Waals surface area contributed by atoms with E-state index in [0.717, 1.165) is 24.6 Å². The third-order valence-corrected chi connectivity index (χ3v) is 3.96. The van der Waals surface area contributed by atoms with Crippen molar-refractivity contribution in [3.05, 3.63) is 18.0 Å². The van der Waals surface area contributed by atoms with Gasteiger partial charge in [0.05, 0.1) is 6.61 Å². The number of aliphatic hydroxyl groups is 1. The lowest BCUT2D eigenvalue weighted by Gasteiger charge is -2.25. The van der Waals surface area contributed by atoms with E-state index in [1.165, 1.54) is 32.4 Å². The fourth-order valence-corrected chi connectivity index (χ4v) is 2.98. The van der Waals surface area contributed by atoms with Crippen molar-refractivity contribution in [2.24, 2.45) is 0 Å². The highest BCUT2D eigenvalue weighted by Gasteiger charge is 2.29. The van der Waals surface area contributed by atoms with Gasteiger partial charge in [-0.2, -0.15) is 0 Å². The molecule has 1 aromatic heterocycles. The molecule has 0 saturated carbocycles. The lowest BCUT2D eigenvalue weighted by atomic mass is 10.2. The van der Waals surface area contributed by atoms with Crippen molar-refractivity contribution >= 4 is 5.95 Å². The maximum Gasteiger partial charge on any atom is 0.225 e. The molecule has 1 unspecified atom stereocenters. The van der Waals surface area contributed by atoms with Crippen LogP contribution >= 0.6 is 0 Å². The van der Waals surface area contributed by atoms with Gasteiger partial charge in [-0.3, -0.25) is 4.90 Å². The third-order valence-electron chi connectivity index (χ3n) is 3.96. The molecule has 2 aliphatic rings. The van der Waals surface area contributed by atoms with Crippen molar-refractivity contribution in [3.63, 3.8) is 0 Å². The normalized spacial score (nSPS) is 24.9. The standard InChI is InChI=1S/C13H20N4O/c18-10-11-7-14-13(15-8-11)17-6-2-5-16-4-1-3-12(16)9-17/h7-8,12,18H,1-6,9-10H2. The zero-order chi connectivity index (χ0) is 12.4. The van der Waals surface area contributed by atoms with Gasteiger partial charge in [0, 0.05) is 43.6 Å².